The molecule has 1 aromatic heterocycles. The molecule has 1 aliphatic heterocycles. The van der Waals surface area contributed by atoms with Gasteiger partial charge in [0.15, 0.2) is 0 Å². The fourth-order valence-electron chi connectivity index (χ4n) is 3.08. The molecule has 0 N–H and O–H groups in total. The number of likely N-dealkylation sites (N-methyl/N-ethyl adjacent to an activating group) is 1. The molecule has 4 nitrogen and oxygen atoms in total. The van der Waals surface area contributed by atoms with E-state index >= 15 is 0 Å². The first-order chi connectivity index (χ1) is 12.6. The van der Waals surface area contributed by atoms with E-state index in [-0.39, 0.29) is 18.4 Å². The van der Waals surface area contributed by atoms with Crippen molar-refractivity contribution in [3.05, 3.63) is 59.5 Å². The second-order valence-electron chi connectivity index (χ2n) is 6.24. The lowest BCUT2D eigenvalue weighted by molar-refractivity contribution is -0.130. The molecule has 2 aromatic carbocycles. The SMILES string of the molecule is CN(Cc1csc2ccccc12)C(=O)CN1C(=O)CSc2ccccc21. The highest BCUT2D eigenvalue weighted by Gasteiger charge is 2.27. The molecule has 2 heterocycles. The number of carbonyl (C=O) groups excluding carboxylic acids is 2. The van der Waals surface area contributed by atoms with Gasteiger partial charge in [-0.05, 0) is 34.5 Å². The maximum absolute atomic E-state index is 12.8. The number of rotatable bonds is 4. The van der Waals surface area contributed by atoms with Crippen molar-refractivity contribution in [1.82, 2.24) is 4.90 Å². The summed E-state index contributed by atoms with van der Waals surface area (Å²) in [7, 11) is 1.80. The van der Waals surface area contributed by atoms with Crippen LogP contribution >= 0.6 is 23.1 Å². The largest absolute Gasteiger partial charge is 0.340 e. The first-order valence-electron chi connectivity index (χ1n) is 8.35. The van der Waals surface area contributed by atoms with Crippen molar-refractivity contribution in [1.29, 1.82) is 0 Å². The van der Waals surface area contributed by atoms with Crippen molar-refractivity contribution in [3.8, 4) is 0 Å². The van der Waals surface area contributed by atoms with Gasteiger partial charge in [0.25, 0.3) is 0 Å². The zero-order valence-corrected chi connectivity index (χ0v) is 16.0. The van der Waals surface area contributed by atoms with Gasteiger partial charge >= 0.3 is 0 Å². The topological polar surface area (TPSA) is 40.6 Å². The molecule has 0 aliphatic carbocycles. The predicted octanol–water partition coefficient (Wildman–Crippen LogP) is 4.00. The Hall–Kier alpha value is -2.31. The minimum Gasteiger partial charge on any atom is -0.340 e. The summed E-state index contributed by atoms with van der Waals surface area (Å²) in [6.07, 6.45) is 0. The Bertz CT molecular complexity index is 983. The number of thiophene rings is 1. The maximum Gasteiger partial charge on any atom is 0.242 e. The van der Waals surface area contributed by atoms with E-state index in [2.05, 4.69) is 17.5 Å². The number of thioether (sulfide) groups is 1. The van der Waals surface area contributed by atoms with Gasteiger partial charge < -0.3 is 9.80 Å². The summed E-state index contributed by atoms with van der Waals surface area (Å²) < 4.78 is 1.22. The van der Waals surface area contributed by atoms with Crippen LogP contribution in [0.3, 0.4) is 0 Å². The summed E-state index contributed by atoms with van der Waals surface area (Å²) in [4.78, 5) is 29.5. The van der Waals surface area contributed by atoms with E-state index in [9.17, 15) is 9.59 Å². The van der Waals surface area contributed by atoms with Gasteiger partial charge in [0, 0.05) is 23.2 Å². The van der Waals surface area contributed by atoms with Gasteiger partial charge in [-0.3, -0.25) is 9.59 Å². The quantitative estimate of drug-likeness (QED) is 0.685. The smallest absolute Gasteiger partial charge is 0.242 e. The molecule has 132 valence electrons. The van der Waals surface area contributed by atoms with Crippen molar-refractivity contribution in [3.63, 3.8) is 0 Å². The first kappa shape index (κ1) is 17.1. The minimum atomic E-state index is -0.0599. The maximum atomic E-state index is 12.8. The van der Waals surface area contributed by atoms with Gasteiger partial charge in [-0.1, -0.05) is 30.3 Å². The van der Waals surface area contributed by atoms with Crippen LogP contribution in [0.15, 0.2) is 58.8 Å². The number of hydrogen-bond acceptors (Lipinski definition) is 4. The van der Waals surface area contributed by atoms with Crippen LogP contribution in [0.5, 0.6) is 0 Å². The highest BCUT2D eigenvalue weighted by Crippen LogP contribution is 2.35. The number of hydrogen-bond donors (Lipinski definition) is 0. The second kappa shape index (κ2) is 7.13. The summed E-state index contributed by atoms with van der Waals surface area (Å²) in [6, 6.07) is 16.0. The Morgan fingerprint density at radius 3 is 2.81 bits per heavy atom. The number of carbonyl (C=O) groups is 2. The lowest BCUT2D eigenvalue weighted by Gasteiger charge is -2.30. The molecule has 3 aromatic rings. The summed E-state index contributed by atoms with van der Waals surface area (Å²) in [5.74, 6) is 0.301. The van der Waals surface area contributed by atoms with Crippen LogP contribution in [0.4, 0.5) is 5.69 Å². The molecule has 0 bridgehead atoms. The van der Waals surface area contributed by atoms with Crippen molar-refractivity contribution < 1.29 is 9.59 Å². The zero-order valence-electron chi connectivity index (χ0n) is 14.3. The normalized spacial score (nSPS) is 13.7. The number of fused-ring (bicyclic) bond motifs is 2. The number of anilines is 1. The fraction of sp³-hybridized carbons (Fsp3) is 0.200. The van der Waals surface area contributed by atoms with Crippen molar-refractivity contribution >= 4 is 50.7 Å². The first-order valence-corrected chi connectivity index (χ1v) is 10.2. The summed E-state index contributed by atoms with van der Waals surface area (Å²) in [6.45, 7) is 0.621. The molecule has 6 heteroatoms. The Kier molecular flexibility index (Phi) is 4.70. The van der Waals surface area contributed by atoms with E-state index in [1.807, 2.05) is 36.4 Å². The molecule has 2 amide bonds. The Balaban J connectivity index is 1.50. The van der Waals surface area contributed by atoms with E-state index in [1.54, 1.807) is 28.2 Å². The molecule has 0 atom stereocenters. The summed E-state index contributed by atoms with van der Waals surface area (Å²) in [5.41, 5.74) is 1.97. The van der Waals surface area contributed by atoms with Crippen LogP contribution < -0.4 is 4.90 Å². The molecule has 0 radical (unpaired) electrons. The third kappa shape index (κ3) is 3.22. The lowest BCUT2D eigenvalue weighted by atomic mass is 10.1. The minimum absolute atomic E-state index is 0.0172. The molecule has 0 saturated heterocycles. The molecular weight excluding hydrogens is 364 g/mol. The third-order valence-corrected chi connectivity index (χ3v) is 6.56. The fourth-order valence-corrected chi connectivity index (χ4v) is 4.97. The third-order valence-electron chi connectivity index (χ3n) is 4.50. The van der Waals surface area contributed by atoms with Crippen LogP contribution in [0.1, 0.15) is 5.56 Å². The average molecular weight is 383 g/mol. The predicted molar refractivity (Wildman–Crippen MR) is 108 cm³/mol. The van der Waals surface area contributed by atoms with E-state index in [1.165, 1.54) is 21.8 Å². The van der Waals surface area contributed by atoms with Gasteiger partial charge in [-0.15, -0.1) is 23.1 Å². The van der Waals surface area contributed by atoms with Crippen LogP contribution in [0, 0.1) is 0 Å². The van der Waals surface area contributed by atoms with E-state index in [4.69, 9.17) is 0 Å². The second-order valence-corrected chi connectivity index (χ2v) is 8.17. The molecule has 26 heavy (non-hydrogen) atoms. The van der Waals surface area contributed by atoms with Crippen LogP contribution in [-0.4, -0.2) is 36.1 Å². The van der Waals surface area contributed by atoms with E-state index in [0.717, 1.165) is 16.1 Å². The molecular formula is C20H18N2O2S2. The van der Waals surface area contributed by atoms with Crippen molar-refractivity contribution in [2.75, 3.05) is 24.2 Å². The van der Waals surface area contributed by atoms with Gasteiger partial charge in [0.2, 0.25) is 11.8 Å². The van der Waals surface area contributed by atoms with Gasteiger partial charge in [-0.25, -0.2) is 0 Å². The van der Waals surface area contributed by atoms with Crippen LogP contribution in [0.25, 0.3) is 10.1 Å². The molecule has 1 aliphatic rings. The molecule has 0 unspecified atom stereocenters. The highest BCUT2D eigenvalue weighted by atomic mass is 32.2. The Morgan fingerprint density at radius 2 is 1.92 bits per heavy atom. The number of nitrogens with zero attached hydrogens (tertiary/aromatic N) is 2. The van der Waals surface area contributed by atoms with Crippen LogP contribution in [-0.2, 0) is 16.1 Å². The standard InChI is InChI=1S/C20H18N2O2S2/c1-21(10-14-12-25-17-8-4-2-6-15(14)17)19(23)11-22-16-7-3-5-9-18(16)26-13-20(22)24/h2-9,12H,10-11,13H2,1H3. The number of amides is 2. The summed E-state index contributed by atoms with van der Waals surface area (Å²) in [5, 5.41) is 3.29. The van der Waals surface area contributed by atoms with Gasteiger partial charge in [0.05, 0.1) is 11.4 Å². The Morgan fingerprint density at radius 1 is 1.15 bits per heavy atom. The highest BCUT2D eigenvalue weighted by molar-refractivity contribution is 8.00. The van der Waals surface area contributed by atoms with Gasteiger partial charge in [0.1, 0.15) is 6.54 Å². The molecule has 4 rings (SSSR count). The molecule has 0 saturated carbocycles. The molecule has 0 fully saturated rings. The lowest BCUT2D eigenvalue weighted by Crippen LogP contribution is -2.43. The van der Waals surface area contributed by atoms with Gasteiger partial charge in [-0.2, -0.15) is 0 Å². The molecule has 0 spiro atoms. The zero-order chi connectivity index (χ0) is 18.1. The Labute approximate surface area is 160 Å². The monoisotopic (exact) mass is 382 g/mol. The van der Waals surface area contributed by atoms with E-state index < -0.39 is 0 Å². The van der Waals surface area contributed by atoms with Crippen LogP contribution in [0.2, 0.25) is 0 Å². The summed E-state index contributed by atoms with van der Waals surface area (Å²) >= 11 is 3.22. The number of benzene rings is 2. The number of para-hydroxylation sites is 1. The van der Waals surface area contributed by atoms with Crippen molar-refractivity contribution in [2.24, 2.45) is 0 Å². The average Bonchev–Trinajstić information content (AvgIpc) is 3.07. The van der Waals surface area contributed by atoms with E-state index in [0.29, 0.717) is 12.3 Å². The van der Waals surface area contributed by atoms with Crippen molar-refractivity contribution in [2.45, 2.75) is 11.4 Å².